The summed E-state index contributed by atoms with van der Waals surface area (Å²) in [5, 5.41) is 15.7. The van der Waals surface area contributed by atoms with Crippen LogP contribution in [0.5, 0.6) is 11.5 Å². The van der Waals surface area contributed by atoms with Crippen molar-refractivity contribution < 1.29 is 27.8 Å². The van der Waals surface area contributed by atoms with Gasteiger partial charge in [0.1, 0.15) is 11.5 Å². The summed E-state index contributed by atoms with van der Waals surface area (Å²) in [4.78, 5) is 16.3. The lowest BCUT2D eigenvalue weighted by atomic mass is 10.2. The lowest BCUT2D eigenvalue weighted by Crippen LogP contribution is -2.21. The van der Waals surface area contributed by atoms with Crippen LogP contribution in [0.15, 0.2) is 73.1 Å². The molecule has 0 fully saturated rings. The molecular formula is C21H14F3N5O3. The van der Waals surface area contributed by atoms with Gasteiger partial charge in [-0.25, -0.2) is 9.78 Å². The van der Waals surface area contributed by atoms with Crippen LogP contribution in [0, 0.1) is 0 Å². The van der Waals surface area contributed by atoms with Gasteiger partial charge >= 0.3 is 12.1 Å². The molecule has 0 atom stereocenters. The molecule has 2 aromatic carbocycles. The van der Waals surface area contributed by atoms with E-state index in [2.05, 4.69) is 20.2 Å². The number of aliphatic carboxylic acids is 1. The van der Waals surface area contributed by atoms with Crippen molar-refractivity contribution in [2.75, 3.05) is 0 Å². The lowest BCUT2D eigenvalue weighted by molar-refractivity contribution is -0.192. The van der Waals surface area contributed by atoms with Gasteiger partial charge in [-0.05, 0) is 42.5 Å². The van der Waals surface area contributed by atoms with E-state index < -0.39 is 12.1 Å². The van der Waals surface area contributed by atoms with Crippen LogP contribution in [0.4, 0.5) is 13.2 Å². The molecule has 0 aliphatic carbocycles. The monoisotopic (exact) mass is 441 g/mol. The number of fused-ring (bicyclic) bond motifs is 3. The third-order valence-corrected chi connectivity index (χ3v) is 4.28. The molecule has 32 heavy (non-hydrogen) atoms. The Bertz CT molecular complexity index is 1360. The first-order valence-corrected chi connectivity index (χ1v) is 9.13. The fourth-order valence-electron chi connectivity index (χ4n) is 2.86. The zero-order chi connectivity index (χ0) is 22.7. The largest absolute Gasteiger partial charge is 0.490 e. The van der Waals surface area contributed by atoms with Crippen LogP contribution in [0.3, 0.4) is 0 Å². The van der Waals surface area contributed by atoms with Gasteiger partial charge in [-0.2, -0.15) is 13.2 Å². The van der Waals surface area contributed by atoms with Crippen LogP contribution in [-0.4, -0.2) is 41.8 Å². The van der Waals surface area contributed by atoms with Gasteiger partial charge < -0.3 is 14.8 Å². The Morgan fingerprint density at radius 1 is 0.969 bits per heavy atom. The Labute approximate surface area is 177 Å². The van der Waals surface area contributed by atoms with E-state index in [4.69, 9.17) is 14.6 Å². The Morgan fingerprint density at radius 3 is 2.28 bits per heavy atom. The second-order valence-electron chi connectivity index (χ2n) is 6.43. The molecule has 0 saturated carbocycles. The maximum Gasteiger partial charge on any atom is 0.490 e. The maximum atomic E-state index is 10.6. The van der Waals surface area contributed by atoms with E-state index in [1.165, 1.54) is 0 Å². The summed E-state index contributed by atoms with van der Waals surface area (Å²) in [6, 6.07) is 19.5. The van der Waals surface area contributed by atoms with Gasteiger partial charge in [0, 0.05) is 11.8 Å². The first kappa shape index (κ1) is 20.8. The van der Waals surface area contributed by atoms with Crippen LogP contribution in [0.1, 0.15) is 0 Å². The Hall–Kier alpha value is -4.41. The number of rotatable bonds is 3. The number of nitrogens with one attached hydrogen (secondary N) is 1. The number of aromatic amines is 1. The fraction of sp³-hybridized carbons (Fsp3) is 0.0476. The number of halogens is 3. The predicted octanol–water partition coefficient (Wildman–Crippen LogP) is 4.70. The molecular weight excluding hydrogens is 427 g/mol. The highest BCUT2D eigenvalue weighted by Crippen LogP contribution is 2.26. The number of para-hydroxylation sites is 1. The summed E-state index contributed by atoms with van der Waals surface area (Å²) in [5.74, 6) is -0.402. The van der Waals surface area contributed by atoms with Crippen molar-refractivity contribution in [1.82, 2.24) is 24.6 Å². The van der Waals surface area contributed by atoms with Gasteiger partial charge in [-0.15, -0.1) is 10.2 Å². The maximum absolute atomic E-state index is 10.6. The van der Waals surface area contributed by atoms with Crippen molar-refractivity contribution in [2.24, 2.45) is 0 Å². The van der Waals surface area contributed by atoms with Crippen LogP contribution in [0.2, 0.25) is 0 Å². The number of ether oxygens (including phenoxy) is 1. The number of carboxylic acid groups (broad SMARTS) is 1. The third-order valence-electron chi connectivity index (χ3n) is 4.28. The van der Waals surface area contributed by atoms with Gasteiger partial charge in [0.05, 0.1) is 11.7 Å². The van der Waals surface area contributed by atoms with Crippen LogP contribution < -0.4 is 4.74 Å². The Morgan fingerprint density at radius 2 is 1.62 bits per heavy atom. The fourth-order valence-corrected chi connectivity index (χ4v) is 2.86. The first-order chi connectivity index (χ1) is 15.3. The number of H-pyrrole nitrogens is 1. The molecule has 5 aromatic rings. The number of carbonyl (C=O) groups is 1. The summed E-state index contributed by atoms with van der Waals surface area (Å²) >= 11 is 0. The van der Waals surface area contributed by atoms with Crippen molar-refractivity contribution in [3.05, 3.63) is 73.1 Å². The Balaban J connectivity index is 0.000000307. The van der Waals surface area contributed by atoms with Crippen molar-refractivity contribution >= 4 is 22.8 Å². The molecule has 0 spiro atoms. The number of benzene rings is 2. The topological polar surface area (TPSA) is 105 Å². The molecule has 0 unspecified atom stereocenters. The van der Waals surface area contributed by atoms with Crippen molar-refractivity contribution in [3.8, 4) is 22.9 Å². The van der Waals surface area contributed by atoms with Crippen LogP contribution in [0.25, 0.3) is 28.2 Å². The predicted molar refractivity (Wildman–Crippen MR) is 108 cm³/mol. The molecule has 8 nitrogen and oxygen atoms in total. The summed E-state index contributed by atoms with van der Waals surface area (Å²) < 4.78 is 39.6. The van der Waals surface area contributed by atoms with E-state index in [1.807, 2.05) is 71.3 Å². The van der Waals surface area contributed by atoms with Crippen molar-refractivity contribution in [1.29, 1.82) is 0 Å². The van der Waals surface area contributed by atoms with E-state index in [-0.39, 0.29) is 0 Å². The lowest BCUT2D eigenvalue weighted by Gasteiger charge is -2.06. The second-order valence-corrected chi connectivity index (χ2v) is 6.43. The van der Waals surface area contributed by atoms with Crippen molar-refractivity contribution in [2.45, 2.75) is 6.18 Å². The smallest absolute Gasteiger partial charge is 0.475 e. The third kappa shape index (κ3) is 4.36. The number of alkyl halides is 3. The number of hydrogen-bond donors (Lipinski definition) is 2. The molecule has 0 bridgehead atoms. The first-order valence-electron chi connectivity index (χ1n) is 9.13. The summed E-state index contributed by atoms with van der Waals surface area (Å²) in [6.45, 7) is 0. The van der Waals surface area contributed by atoms with Crippen LogP contribution in [-0.2, 0) is 4.79 Å². The van der Waals surface area contributed by atoms with Gasteiger partial charge in [-0.1, -0.05) is 18.2 Å². The molecule has 5 rings (SSSR count). The van der Waals surface area contributed by atoms with E-state index in [0.717, 1.165) is 34.1 Å². The number of hydrogen-bond acceptors (Lipinski definition) is 5. The molecule has 3 heterocycles. The van der Waals surface area contributed by atoms with E-state index in [9.17, 15) is 13.2 Å². The van der Waals surface area contributed by atoms with Gasteiger partial charge in [-0.3, -0.25) is 4.40 Å². The van der Waals surface area contributed by atoms with E-state index >= 15 is 0 Å². The van der Waals surface area contributed by atoms with Gasteiger partial charge in [0.2, 0.25) is 0 Å². The minimum absolute atomic E-state index is 0.715. The molecule has 11 heteroatoms. The number of nitrogens with zero attached hydrogens (tertiary/aromatic N) is 4. The zero-order valence-electron chi connectivity index (χ0n) is 16.1. The summed E-state index contributed by atoms with van der Waals surface area (Å²) in [6.07, 6.45) is -1.51. The molecule has 0 radical (unpaired) electrons. The zero-order valence-corrected chi connectivity index (χ0v) is 16.1. The average Bonchev–Trinajstić information content (AvgIpc) is 3.41. The SMILES string of the molecule is O=C(O)C(F)(F)F.c1ccc(Oc2ccc(-c3nnc4cnc5[nH]ccc5n34)cc2)cc1. The quantitative estimate of drug-likeness (QED) is 0.421. The molecule has 162 valence electrons. The molecule has 2 N–H and O–H groups in total. The van der Waals surface area contributed by atoms with Crippen molar-refractivity contribution in [3.63, 3.8) is 0 Å². The van der Waals surface area contributed by atoms with Gasteiger partial charge in [0.15, 0.2) is 17.1 Å². The van der Waals surface area contributed by atoms with E-state index in [0.29, 0.717) is 5.65 Å². The summed E-state index contributed by atoms with van der Waals surface area (Å²) in [7, 11) is 0. The molecule has 0 aliphatic rings. The highest BCUT2D eigenvalue weighted by Gasteiger charge is 2.38. The molecule has 3 aromatic heterocycles. The Kier molecular flexibility index (Phi) is 5.46. The number of aromatic nitrogens is 5. The van der Waals surface area contributed by atoms with E-state index in [1.54, 1.807) is 6.20 Å². The average molecular weight is 441 g/mol. The highest BCUT2D eigenvalue weighted by atomic mass is 19.4. The molecule has 0 saturated heterocycles. The summed E-state index contributed by atoms with van der Waals surface area (Å²) in [5.41, 5.74) is 3.42. The van der Waals surface area contributed by atoms with Gasteiger partial charge in [0.25, 0.3) is 0 Å². The number of carboxylic acids is 1. The second kappa shape index (κ2) is 8.38. The molecule has 0 aliphatic heterocycles. The highest BCUT2D eigenvalue weighted by molar-refractivity contribution is 5.77. The van der Waals surface area contributed by atoms with Crippen LogP contribution >= 0.6 is 0 Å². The normalized spacial score (nSPS) is 11.2. The molecule has 0 amide bonds. The minimum Gasteiger partial charge on any atom is -0.475 e. The standard InChI is InChI=1S/C19H13N5O.C2HF3O2/c1-2-4-14(5-3-1)25-15-8-6-13(7-9-15)19-23-22-17-12-21-18-16(24(17)19)10-11-20-18;3-2(4,5)1(6)7/h1-12,20H;(H,6,7). The minimum atomic E-state index is -5.08.